The summed E-state index contributed by atoms with van der Waals surface area (Å²) in [6, 6.07) is 16.8. The Bertz CT molecular complexity index is 808. The second kappa shape index (κ2) is 6.52. The molecule has 0 unspecified atom stereocenters. The third-order valence-corrected chi connectivity index (χ3v) is 4.38. The highest BCUT2D eigenvalue weighted by Crippen LogP contribution is 2.23. The molecule has 3 nitrogen and oxygen atoms in total. The van der Waals surface area contributed by atoms with Crippen molar-refractivity contribution in [2.45, 2.75) is 39.2 Å². The highest BCUT2D eigenvalue weighted by molar-refractivity contribution is 5.46. The topological polar surface area (TPSA) is 43.8 Å². The summed E-state index contributed by atoms with van der Waals surface area (Å²) < 4.78 is 2.17. The quantitative estimate of drug-likeness (QED) is 0.724. The second-order valence-corrected chi connectivity index (χ2v) is 7.29. The molecular weight excluding hydrogens is 294 g/mol. The van der Waals surface area contributed by atoms with Crippen molar-refractivity contribution < 1.29 is 0 Å². The van der Waals surface area contributed by atoms with Gasteiger partial charge in [-0.15, -0.1) is 0 Å². The Morgan fingerprint density at radius 3 is 2.38 bits per heavy atom. The molecule has 3 aromatic rings. The average Bonchev–Trinajstić information content (AvgIpc) is 2.96. The highest BCUT2D eigenvalue weighted by atomic mass is 15.1. The van der Waals surface area contributed by atoms with Crippen LogP contribution < -0.4 is 5.73 Å². The number of rotatable bonds is 4. The van der Waals surface area contributed by atoms with Crippen LogP contribution in [-0.2, 0) is 18.4 Å². The molecule has 3 rings (SSSR count). The van der Waals surface area contributed by atoms with Crippen molar-refractivity contribution in [3.05, 3.63) is 83.4 Å². The number of anilines is 1. The number of hydrogen-bond acceptors (Lipinski definition) is 2. The Labute approximate surface area is 144 Å². The van der Waals surface area contributed by atoms with Crippen molar-refractivity contribution in [3.8, 4) is 0 Å². The summed E-state index contributed by atoms with van der Waals surface area (Å²) in [5.41, 5.74) is 10.8. The molecule has 0 radical (unpaired) electrons. The molecule has 0 saturated carbocycles. The van der Waals surface area contributed by atoms with Gasteiger partial charge in [-0.25, -0.2) is 4.98 Å². The maximum Gasteiger partial charge on any atom is 0.113 e. The summed E-state index contributed by atoms with van der Waals surface area (Å²) in [7, 11) is 0. The highest BCUT2D eigenvalue weighted by Gasteiger charge is 2.13. The van der Waals surface area contributed by atoms with Crippen molar-refractivity contribution in [2.75, 3.05) is 5.73 Å². The Kier molecular flexibility index (Phi) is 4.43. The summed E-state index contributed by atoms with van der Waals surface area (Å²) in [5.74, 6) is 1.06. The Hall–Kier alpha value is -2.55. The first-order chi connectivity index (χ1) is 11.4. The SMILES string of the molecule is CC(C)(C)c1ccc(Cc2nccn2Cc2ccccc2N)cc1. The van der Waals surface area contributed by atoms with Crippen molar-refractivity contribution in [1.82, 2.24) is 9.55 Å². The van der Waals surface area contributed by atoms with E-state index in [9.17, 15) is 0 Å². The normalized spacial score (nSPS) is 11.6. The van der Waals surface area contributed by atoms with Gasteiger partial charge >= 0.3 is 0 Å². The predicted octanol–water partition coefficient (Wildman–Crippen LogP) is 4.40. The van der Waals surface area contributed by atoms with E-state index in [1.165, 1.54) is 11.1 Å². The Balaban J connectivity index is 1.77. The van der Waals surface area contributed by atoms with E-state index in [2.05, 4.69) is 60.7 Å². The van der Waals surface area contributed by atoms with Gasteiger partial charge in [0.25, 0.3) is 0 Å². The van der Waals surface area contributed by atoms with Crippen LogP contribution in [0.3, 0.4) is 0 Å². The van der Waals surface area contributed by atoms with E-state index in [4.69, 9.17) is 5.73 Å². The van der Waals surface area contributed by atoms with Gasteiger partial charge in [-0.05, 0) is 28.2 Å². The predicted molar refractivity (Wildman–Crippen MR) is 100 cm³/mol. The number of para-hydroxylation sites is 1. The second-order valence-electron chi connectivity index (χ2n) is 7.29. The molecule has 0 fully saturated rings. The van der Waals surface area contributed by atoms with E-state index in [-0.39, 0.29) is 5.41 Å². The monoisotopic (exact) mass is 319 g/mol. The average molecular weight is 319 g/mol. The van der Waals surface area contributed by atoms with Gasteiger partial charge in [-0.1, -0.05) is 63.2 Å². The molecule has 0 aliphatic rings. The lowest BCUT2D eigenvalue weighted by Crippen LogP contribution is -2.11. The maximum absolute atomic E-state index is 6.06. The van der Waals surface area contributed by atoms with Crippen LogP contribution in [0.15, 0.2) is 60.9 Å². The van der Waals surface area contributed by atoms with Gasteiger partial charge in [0.05, 0.1) is 6.54 Å². The Morgan fingerprint density at radius 1 is 1.00 bits per heavy atom. The molecule has 3 heteroatoms. The molecule has 124 valence electrons. The van der Waals surface area contributed by atoms with Gasteiger partial charge in [0.15, 0.2) is 0 Å². The number of benzene rings is 2. The fourth-order valence-corrected chi connectivity index (χ4v) is 2.82. The molecule has 1 aromatic heterocycles. The van der Waals surface area contributed by atoms with E-state index in [0.717, 1.165) is 30.0 Å². The molecule has 0 atom stereocenters. The largest absolute Gasteiger partial charge is 0.398 e. The minimum absolute atomic E-state index is 0.182. The fraction of sp³-hybridized carbons (Fsp3) is 0.286. The molecule has 1 heterocycles. The van der Waals surface area contributed by atoms with Gasteiger partial charge in [-0.2, -0.15) is 0 Å². The zero-order valence-corrected chi connectivity index (χ0v) is 14.7. The molecule has 2 aromatic carbocycles. The van der Waals surface area contributed by atoms with Crippen molar-refractivity contribution >= 4 is 5.69 Å². The molecule has 0 spiro atoms. The van der Waals surface area contributed by atoms with Crippen LogP contribution in [0.4, 0.5) is 5.69 Å². The summed E-state index contributed by atoms with van der Waals surface area (Å²) in [5, 5.41) is 0. The number of imidazole rings is 1. The van der Waals surface area contributed by atoms with Crippen molar-refractivity contribution in [3.63, 3.8) is 0 Å². The molecule has 2 N–H and O–H groups in total. The third kappa shape index (κ3) is 3.67. The zero-order chi connectivity index (χ0) is 17.2. The first-order valence-corrected chi connectivity index (χ1v) is 8.36. The molecule has 0 bridgehead atoms. The molecule has 0 aliphatic heterocycles. The number of aromatic nitrogens is 2. The van der Waals surface area contributed by atoms with E-state index < -0.39 is 0 Å². The minimum atomic E-state index is 0.182. The maximum atomic E-state index is 6.06. The molecule has 0 amide bonds. The lowest BCUT2D eigenvalue weighted by Gasteiger charge is -2.19. The molecule has 0 aliphatic carbocycles. The van der Waals surface area contributed by atoms with E-state index in [0.29, 0.717) is 0 Å². The zero-order valence-electron chi connectivity index (χ0n) is 14.7. The fourth-order valence-electron chi connectivity index (χ4n) is 2.82. The van der Waals surface area contributed by atoms with Crippen LogP contribution in [0.1, 0.15) is 43.3 Å². The van der Waals surface area contributed by atoms with Crippen LogP contribution in [0.25, 0.3) is 0 Å². The summed E-state index contributed by atoms with van der Waals surface area (Å²) in [6.45, 7) is 7.46. The first-order valence-electron chi connectivity index (χ1n) is 8.36. The van der Waals surface area contributed by atoms with E-state index >= 15 is 0 Å². The first kappa shape index (κ1) is 16.3. The standard InChI is InChI=1S/C21H25N3/c1-21(2,3)18-10-8-16(9-11-18)14-20-23-12-13-24(20)15-17-6-4-5-7-19(17)22/h4-13H,14-15,22H2,1-3H3. The molecule has 24 heavy (non-hydrogen) atoms. The van der Waals surface area contributed by atoms with Gasteiger partial charge in [-0.3, -0.25) is 0 Å². The lowest BCUT2D eigenvalue weighted by atomic mass is 9.86. The van der Waals surface area contributed by atoms with Crippen LogP contribution in [-0.4, -0.2) is 9.55 Å². The minimum Gasteiger partial charge on any atom is -0.398 e. The molecular formula is C21H25N3. The van der Waals surface area contributed by atoms with Crippen LogP contribution >= 0.6 is 0 Å². The van der Waals surface area contributed by atoms with Crippen molar-refractivity contribution in [1.29, 1.82) is 0 Å². The number of nitrogens with two attached hydrogens (primary N) is 1. The number of hydrogen-bond donors (Lipinski definition) is 1. The van der Waals surface area contributed by atoms with Gasteiger partial charge in [0, 0.05) is 24.5 Å². The Morgan fingerprint density at radius 2 is 1.71 bits per heavy atom. The van der Waals surface area contributed by atoms with Gasteiger partial charge < -0.3 is 10.3 Å². The van der Waals surface area contributed by atoms with Crippen LogP contribution in [0.2, 0.25) is 0 Å². The summed E-state index contributed by atoms with van der Waals surface area (Å²) >= 11 is 0. The van der Waals surface area contributed by atoms with Gasteiger partial charge in [0.1, 0.15) is 5.82 Å². The number of nitrogen functional groups attached to an aromatic ring is 1. The van der Waals surface area contributed by atoms with Crippen LogP contribution in [0.5, 0.6) is 0 Å². The third-order valence-electron chi connectivity index (χ3n) is 4.38. The van der Waals surface area contributed by atoms with Gasteiger partial charge in [0.2, 0.25) is 0 Å². The summed E-state index contributed by atoms with van der Waals surface area (Å²) in [4.78, 5) is 4.53. The lowest BCUT2D eigenvalue weighted by molar-refractivity contribution is 0.590. The van der Waals surface area contributed by atoms with E-state index in [1.54, 1.807) is 0 Å². The summed E-state index contributed by atoms with van der Waals surface area (Å²) in [6.07, 6.45) is 4.70. The van der Waals surface area contributed by atoms with Crippen molar-refractivity contribution in [2.24, 2.45) is 0 Å². The smallest absolute Gasteiger partial charge is 0.113 e. The van der Waals surface area contributed by atoms with E-state index in [1.807, 2.05) is 30.6 Å². The number of nitrogens with zero attached hydrogens (tertiary/aromatic N) is 2. The molecule has 0 saturated heterocycles. The van der Waals surface area contributed by atoms with Crippen LogP contribution in [0, 0.1) is 0 Å².